The van der Waals surface area contributed by atoms with Crippen LogP contribution in [0.4, 0.5) is 0 Å². The molecule has 0 aliphatic heterocycles. The van der Waals surface area contributed by atoms with Crippen molar-refractivity contribution in [3.05, 3.63) is 64.0 Å². The summed E-state index contributed by atoms with van der Waals surface area (Å²) in [5, 5.41) is 10.4. The second kappa shape index (κ2) is 5.33. The molecule has 1 aromatic carbocycles. The van der Waals surface area contributed by atoms with Crippen LogP contribution in [0.25, 0.3) is 10.9 Å². The summed E-state index contributed by atoms with van der Waals surface area (Å²) >= 11 is 3.61. The number of benzene rings is 1. The Morgan fingerprint density at radius 3 is 2.81 bits per heavy atom. The molecule has 0 saturated carbocycles. The Morgan fingerprint density at radius 2 is 2.05 bits per heavy atom. The minimum Gasteiger partial charge on any atom is -0.477 e. The number of aromatic nitrogens is 2. The molecule has 0 spiro atoms. The van der Waals surface area contributed by atoms with Crippen LogP contribution in [0.5, 0.6) is 0 Å². The molecule has 2 aromatic heterocycles. The van der Waals surface area contributed by atoms with Crippen LogP contribution in [0, 0.1) is 6.92 Å². The zero-order chi connectivity index (χ0) is 15.0. The summed E-state index contributed by atoms with van der Waals surface area (Å²) in [6.45, 7) is 2.49. The van der Waals surface area contributed by atoms with E-state index in [2.05, 4.69) is 25.5 Å². The predicted molar refractivity (Wildman–Crippen MR) is 84.7 cm³/mol. The van der Waals surface area contributed by atoms with Crippen LogP contribution < -0.4 is 0 Å². The maximum atomic E-state index is 11.3. The van der Waals surface area contributed by atoms with E-state index in [-0.39, 0.29) is 5.69 Å². The van der Waals surface area contributed by atoms with Crippen LogP contribution in [0.1, 0.15) is 21.7 Å². The van der Waals surface area contributed by atoms with Gasteiger partial charge in [-0.3, -0.25) is 0 Å². The summed E-state index contributed by atoms with van der Waals surface area (Å²) in [5.41, 5.74) is 2.94. The molecule has 0 radical (unpaired) electrons. The van der Waals surface area contributed by atoms with E-state index in [0.29, 0.717) is 12.1 Å². The van der Waals surface area contributed by atoms with Gasteiger partial charge in [0.2, 0.25) is 0 Å². The summed E-state index contributed by atoms with van der Waals surface area (Å²) in [6.07, 6.45) is 1.50. The monoisotopic (exact) mass is 344 g/mol. The summed E-state index contributed by atoms with van der Waals surface area (Å²) in [5.74, 6) is -1.00. The third kappa shape index (κ3) is 2.34. The van der Waals surface area contributed by atoms with Crippen molar-refractivity contribution < 1.29 is 9.90 Å². The van der Waals surface area contributed by atoms with Crippen molar-refractivity contribution in [3.8, 4) is 0 Å². The minimum absolute atomic E-state index is 0.103. The Morgan fingerprint density at radius 1 is 1.29 bits per heavy atom. The molecule has 0 saturated heterocycles. The van der Waals surface area contributed by atoms with Crippen molar-refractivity contribution in [2.75, 3.05) is 0 Å². The number of fused-ring (bicyclic) bond motifs is 1. The average molecular weight is 345 g/mol. The lowest BCUT2D eigenvalue weighted by Crippen LogP contribution is -2.10. The fourth-order valence-electron chi connectivity index (χ4n) is 2.52. The van der Waals surface area contributed by atoms with Crippen molar-refractivity contribution >= 4 is 32.8 Å². The van der Waals surface area contributed by atoms with Crippen LogP contribution in [0.15, 0.2) is 47.1 Å². The Labute approximate surface area is 130 Å². The number of carbonyl (C=O) groups is 1. The van der Waals surface area contributed by atoms with E-state index in [1.807, 2.05) is 31.2 Å². The number of nitrogens with zero attached hydrogens (tertiary/aromatic N) is 2. The molecule has 0 aliphatic rings. The van der Waals surface area contributed by atoms with Gasteiger partial charge >= 0.3 is 5.97 Å². The summed E-state index contributed by atoms with van der Waals surface area (Å²) in [6, 6.07) is 11.6. The van der Waals surface area contributed by atoms with Gasteiger partial charge in [-0.2, -0.15) is 0 Å². The molecular weight excluding hydrogens is 332 g/mol. The van der Waals surface area contributed by atoms with Gasteiger partial charge in [0.25, 0.3) is 0 Å². The Balaban J connectivity index is 2.15. The molecule has 21 heavy (non-hydrogen) atoms. The summed E-state index contributed by atoms with van der Waals surface area (Å²) in [7, 11) is 0. The second-order valence-corrected chi connectivity index (χ2v) is 5.61. The normalized spacial score (nSPS) is 11.0. The quantitative estimate of drug-likeness (QED) is 0.784. The molecular formula is C16H13BrN2O2. The van der Waals surface area contributed by atoms with E-state index < -0.39 is 5.97 Å². The number of carboxylic acids is 1. The van der Waals surface area contributed by atoms with E-state index in [9.17, 15) is 9.90 Å². The van der Waals surface area contributed by atoms with Crippen molar-refractivity contribution in [2.45, 2.75) is 13.5 Å². The zero-order valence-electron chi connectivity index (χ0n) is 11.4. The largest absolute Gasteiger partial charge is 0.477 e. The molecule has 0 amide bonds. The Bertz CT molecular complexity index is 839. The van der Waals surface area contributed by atoms with Gasteiger partial charge in [0.15, 0.2) is 5.69 Å². The molecule has 0 aliphatic carbocycles. The highest BCUT2D eigenvalue weighted by molar-refractivity contribution is 9.10. The first-order valence-corrected chi connectivity index (χ1v) is 7.29. The highest BCUT2D eigenvalue weighted by Gasteiger charge is 2.15. The molecule has 4 nitrogen and oxygen atoms in total. The highest BCUT2D eigenvalue weighted by atomic mass is 79.9. The predicted octanol–water partition coefficient (Wildman–Crippen LogP) is 3.85. The van der Waals surface area contributed by atoms with Gasteiger partial charge < -0.3 is 9.67 Å². The Kier molecular flexibility index (Phi) is 3.51. The number of aromatic carboxylic acids is 1. The van der Waals surface area contributed by atoms with Crippen molar-refractivity contribution in [2.24, 2.45) is 0 Å². The average Bonchev–Trinajstić information content (AvgIpc) is 2.73. The van der Waals surface area contributed by atoms with Gasteiger partial charge in [-0.15, -0.1) is 0 Å². The molecule has 3 aromatic rings. The first-order valence-electron chi connectivity index (χ1n) is 6.50. The third-order valence-electron chi connectivity index (χ3n) is 3.58. The summed E-state index contributed by atoms with van der Waals surface area (Å²) < 4.78 is 3.14. The first kappa shape index (κ1) is 13.8. The topological polar surface area (TPSA) is 55.1 Å². The van der Waals surface area contributed by atoms with Gasteiger partial charge in [0.1, 0.15) is 0 Å². The number of hydrogen-bond donors (Lipinski definition) is 1. The fourth-order valence-corrected chi connectivity index (χ4v) is 3.07. The number of hydrogen-bond acceptors (Lipinski definition) is 2. The van der Waals surface area contributed by atoms with E-state index in [0.717, 1.165) is 21.1 Å². The molecule has 106 valence electrons. The molecule has 0 fully saturated rings. The number of pyridine rings is 1. The molecule has 5 heteroatoms. The van der Waals surface area contributed by atoms with E-state index in [1.54, 1.807) is 12.1 Å². The van der Waals surface area contributed by atoms with Gasteiger partial charge in [-0.05, 0) is 35.0 Å². The molecule has 0 bridgehead atoms. The lowest BCUT2D eigenvalue weighted by Gasteiger charge is -2.10. The molecule has 0 unspecified atom stereocenters. The van der Waals surface area contributed by atoms with Crippen LogP contribution in [0.2, 0.25) is 0 Å². The first-order chi connectivity index (χ1) is 10.1. The standard InChI is InChI=1S/C16H13BrN2O2/c1-10-14(17)12-6-2-3-7-13(12)19(10)9-11-5-4-8-18-15(11)16(20)21/h2-8H,9H2,1H3,(H,20,21). The smallest absolute Gasteiger partial charge is 0.354 e. The maximum Gasteiger partial charge on any atom is 0.354 e. The maximum absolute atomic E-state index is 11.3. The molecule has 0 atom stereocenters. The SMILES string of the molecule is Cc1c(Br)c2ccccc2n1Cc1cccnc1C(=O)O. The lowest BCUT2D eigenvalue weighted by atomic mass is 10.2. The van der Waals surface area contributed by atoms with E-state index in [1.165, 1.54) is 6.20 Å². The van der Waals surface area contributed by atoms with Gasteiger partial charge in [-0.25, -0.2) is 9.78 Å². The van der Waals surface area contributed by atoms with Crippen LogP contribution in [-0.4, -0.2) is 20.6 Å². The summed E-state index contributed by atoms with van der Waals surface area (Å²) in [4.78, 5) is 15.3. The van der Waals surface area contributed by atoms with Crippen LogP contribution in [-0.2, 0) is 6.54 Å². The second-order valence-electron chi connectivity index (χ2n) is 4.82. The van der Waals surface area contributed by atoms with Gasteiger partial charge in [0.05, 0.1) is 6.54 Å². The zero-order valence-corrected chi connectivity index (χ0v) is 13.0. The van der Waals surface area contributed by atoms with E-state index >= 15 is 0 Å². The van der Waals surface area contributed by atoms with E-state index in [4.69, 9.17) is 0 Å². The number of para-hydroxylation sites is 1. The number of carboxylic acid groups (broad SMARTS) is 1. The molecule has 3 rings (SSSR count). The van der Waals surface area contributed by atoms with Gasteiger partial charge in [-0.1, -0.05) is 24.3 Å². The highest BCUT2D eigenvalue weighted by Crippen LogP contribution is 2.31. The van der Waals surface area contributed by atoms with Crippen molar-refractivity contribution in [1.29, 1.82) is 0 Å². The Hall–Kier alpha value is -2.14. The third-order valence-corrected chi connectivity index (χ3v) is 4.58. The molecule has 1 N–H and O–H groups in total. The van der Waals surface area contributed by atoms with Crippen molar-refractivity contribution in [1.82, 2.24) is 9.55 Å². The minimum atomic E-state index is -1.00. The van der Waals surface area contributed by atoms with Crippen molar-refractivity contribution in [3.63, 3.8) is 0 Å². The fraction of sp³-hybridized carbons (Fsp3) is 0.125. The number of rotatable bonds is 3. The van der Waals surface area contributed by atoms with Crippen LogP contribution in [0.3, 0.4) is 0 Å². The number of halogens is 1. The van der Waals surface area contributed by atoms with Crippen LogP contribution >= 0.6 is 15.9 Å². The lowest BCUT2D eigenvalue weighted by molar-refractivity contribution is 0.0689. The van der Waals surface area contributed by atoms with Gasteiger partial charge in [0, 0.05) is 32.8 Å². The molecule has 2 heterocycles.